The Labute approximate surface area is 86.0 Å². The van der Waals surface area contributed by atoms with Crippen molar-refractivity contribution in [3.8, 4) is 0 Å². The fraction of sp³-hybridized carbons (Fsp3) is 0.778. The van der Waals surface area contributed by atoms with E-state index in [4.69, 9.17) is 4.74 Å². The molecule has 0 N–H and O–H groups in total. The summed E-state index contributed by atoms with van der Waals surface area (Å²) in [5.41, 5.74) is -0.521. The second-order valence-corrected chi connectivity index (χ2v) is 4.20. The highest BCUT2D eigenvalue weighted by atomic mass is 16.6. The first-order valence-electron chi connectivity index (χ1n) is 4.73. The average molecular weight is 199 g/mol. The van der Waals surface area contributed by atoms with E-state index in [0.29, 0.717) is 6.42 Å². The summed E-state index contributed by atoms with van der Waals surface area (Å²) in [6.07, 6.45) is 0.889. The van der Waals surface area contributed by atoms with Crippen molar-refractivity contribution < 1.29 is 14.3 Å². The first-order valence-corrected chi connectivity index (χ1v) is 4.73. The molecule has 0 rings (SSSR count). The van der Waals surface area contributed by atoms with Crippen molar-refractivity contribution in [2.75, 3.05) is 0 Å². The van der Waals surface area contributed by atoms with Gasteiger partial charge >= 0.3 is 6.09 Å². The molecule has 0 heterocycles. The number of hydrogen-bond acceptors (Lipinski definition) is 3. The maximum absolute atomic E-state index is 11.5. The monoisotopic (exact) mass is 199 g/mol. The van der Waals surface area contributed by atoms with Crippen molar-refractivity contribution in [2.24, 2.45) is 0 Å². The van der Waals surface area contributed by atoms with Crippen molar-refractivity contribution in [1.29, 1.82) is 0 Å². The van der Waals surface area contributed by atoms with Crippen molar-refractivity contribution in [3.63, 3.8) is 0 Å². The van der Waals surface area contributed by atoms with Crippen LogP contribution in [0.15, 0.2) is 0 Å². The molecule has 0 aliphatic carbocycles. The maximum atomic E-state index is 11.5. The Balaban J connectivity index is 4.31. The lowest BCUT2D eigenvalue weighted by Crippen LogP contribution is -2.42. The topological polar surface area (TPSA) is 46.6 Å². The van der Waals surface area contributed by atoms with Gasteiger partial charge in [-0.3, -0.25) is 0 Å². The number of rotatable bonds is 3. The lowest BCUT2D eigenvalue weighted by molar-refractivity contribution is -0.111. The highest BCUT2D eigenvalue weighted by molar-refractivity contribution is 6.14. The van der Waals surface area contributed by atoms with E-state index < -0.39 is 17.7 Å². The molecular weight excluding hydrogens is 181 g/mol. The third-order valence-corrected chi connectivity index (χ3v) is 1.75. The van der Waals surface area contributed by atoms with E-state index in [-0.39, 0.29) is 0 Å². The predicted octanol–water partition coefficient (Wildman–Crippen LogP) is 0.749. The number of hydrogen-bond donors (Lipinski definition) is 0. The SMILES string of the molecule is BN(C(=O)OC(C)(C)C)[C@H](C=O)CC. The van der Waals surface area contributed by atoms with Gasteiger partial charge < -0.3 is 14.3 Å². The van der Waals surface area contributed by atoms with Crippen molar-refractivity contribution >= 4 is 20.4 Å². The zero-order valence-corrected chi connectivity index (χ0v) is 9.53. The molecule has 0 bridgehead atoms. The molecular formula is C9H18BNO3. The van der Waals surface area contributed by atoms with Gasteiger partial charge in [-0.1, -0.05) is 6.92 Å². The minimum atomic E-state index is -0.521. The van der Waals surface area contributed by atoms with Gasteiger partial charge in [-0.05, 0) is 27.2 Å². The van der Waals surface area contributed by atoms with E-state index >= 15 is 0 Å². The molecule has 0 aromatic heterocycles. The summed E-state index contributed by atoms with van der Waals surface area (Å²) < 4.78 is 5.11. The molecule has 0 aromatic rings. The van der Waals surface area contributed by atoms with Crippen LogP contribution < -0.4 is 0 Å². The summed E-state index contributed by atoms with van der Waals surface area (Å²) in [5, 5.41) is 0. The third-order valence-electron chi connectivity index (χ3n) is 1.75. The second kappa shape index (κ2) is 5.03. The first kappa shape index (κ1) is 13.0. The molecule has 0 aliphatic rings. The fourth-order valence-corrected chi connectivity index (χ4v) is 0.931. The summed E-state index contributed by atoms with van der Waals surface area (Å²) in [5.74, 6) is 0. The molecule has 0 saturated heterocycles. The Morgan fingerprint density at radius 3 is 2.36 bits per heavy atom. The Hall–Kier alpha value is -0.995. The molecule has 0 unspecified atom stereocenters. The smallest absolute Gasteiger partial charge is 0.397 e. The predicted molar refractivity (Wildman–Crippen MR) is 56.8 cm³/mol. The van der Waals surface area contributed by atoms with Crippen molar-refractivity contribution in [2.45, 2.75) is 45.8 Å². The highest BCUT2D eigenvalue weighted by Gasteiger charge is 2.23. The number of carbonyl (C=O) groups is 2. The molecule has 5 heteroatoms. The number of nitrogens with zero attached hydrogens (tertiary/aromatic N) is 1. The van der Waals surface area contributed by atoms with Gasteiger partial charge in [0.05, 0.1) is 6.04 Å². The van der Waals surface area contributed by atoms with Gasteiger partial charge in [-0.2, -0.15) is 0 Å². The molecule has 0 fully saturated rings. The van der Waals surface area contributed by atoms with Crippen LogP contribution in [-0.4, -0.2) is 36.8 Å². The van der Waals surface area contributed by atoms with Crippen molar-refractivity contribution in [1.82, 2.24) is 4.81 Å². The van der Waals surface area contributed by atoms with Gasteiger partial charge in [0, 0.05) is 0 Å². The Morgan fingerprint density at radius 1 is 1.57 bits per heavy atom. The largest absolute Gasteiger partial charge is 0.445 e. The zero-order valence-electron chi connectivity index (χ0n) is 9.53. The minimum absolute atomic E-state index is 0.398. The first-order chi connectivity index (χ1) is 6.31. The lowest BCUT2D eigenvalue weighted by Gasteiger charge is -2.27. The number of aldehydes is 1. The molecule has 1 amide bonds. The van der Waals surface area contributed by atoms with E-state index in [1.165, 1.54) is 4.81 Å². The van der Waals surface area contributed by atoms with Crippen LogP contribution in [0.5, 0.6) is 0 Å². The number of amides is 1. The van der Waals surface area contributed by atoms with Crippen LogP contribution in [0.3, 0.4) is 0 Å². The molecule has 80 valence electrons. The summed E-state index contributed by atoms with van der Waals surface area (Å²) in [4.78, 5) is 23.4. The number of ether oxygens (including phenoxy) is 1. The van der Waals surface area contributed by atoms with E-state index in [1.807, 2.05) is 6.92 Å². The Morgan fingerprint density at radius 2 is 2.07 bits per heavy atom. The molecule has 0 spiro atoms. The molecule has 0 radical (unpaired) electrons. The Kier molecular flexibility index (Phi) is 4.67. The van der Waals surface area contributed by atoms with Crippen LogP contribution in [0.2, 0.25) is 0 Å². The highest BCUT2D eigenvalue weighted by Crippen LogP contribution is 2.10. The fourth-order valence-electron chi connectivity index (χ4n) is 0.931. The summed E-state index contributed by atoms with van der Waals surface area (Å²) >= 11 is 0. The molecule has 0 aliphatic heterocycles. The van der Waals surface area contributed by atoms with E-state index in [2.05, 4.69) is 0 Å². The van der Waals surface area contributed by atoms with Gasteiger partial charge in [0.1, 0.15) is 11.9 Å². The minimum Gasteiger partial charge on any atom is -0.445 e. The van der Waals surface area contributed by atoms with Crippen LogP contribution in [0, 0.1) is 0 Å². The van der Waals surface area contributed by atoms with Gasteiger partial charge in [0.25, 0.3) is 0 Å². The normalized spacial score (nSPS) is 13.1. The van der Waals surface area contributed by atoms with Crippen molar-refractivity contribution in [3.05, 3.63) is 0 Å². The Bertz CT molecular complexity index is 213. The number of carbonyl (C=O) groups excluding carboxylic acids is 2. The standard InChI is InChI=1S/C9H18BNO3/c1-5-7(6-12)11(10)8(13)14-9(2,3)4/h6-7H,5,10H2,1-4H3/t7-/m0/s1. The summed E-state index contributed by atoms with van der Waals surface area (Å²) in [7, 11) is 1.57. The molecule has 0 aromatic carbocycles. The van der Waals surface area contributed by atoms with Gasteiger partial charge in [-0.25, -0.2) is 4.79 Å². The third kappa shape index (κ3) is 4.30. The van der Waals surface area contributed by atoms with Crippen LogP contribution in [0.4, 0.5) is 4.79 Å². The molecule has 0 saturated carbocycles. The van der Waals surface area contributed by atoms with E-state index in [0.717, 1.165) is 6.29 Å². The zero-order chi connectivity index (χ0) is 11.4. The maximum Gasteiger partial charge on any atom is 0.397 e. The van der Waals surface area contributed by atoms with Crippen LogP contribution in [-0.2, 0) is 9.53 Å². The lowest BCUT2D eigenvalue weighted by atomic mass is 10.1. The van der Waals surface area contributed by atoms with Crippen LogP contribution in [0.1, 0.15) is 34.1 Å². The summed E-state index contributed by atoms with van der Waals surface area (Å²) in [6, 6.07) is -0.398. The molecule has 4 nitrogen and oxygen atoms in total. The molecule has 14 heavy (non-hydrogen) atoms. The average Bonchev–Trinajstić information content (AvgIpc) is 2.03. The van der Waals surface area contributed by atoms with Gasteiger partial charge in [0.2, 0.25) is 7.98 Å². The van der Waals surface area contributed by atoms with Crippen LogP contribution >= 0.6 is 0 Å². The second-order valence-electron chi connectivity index (χ2n) is 4.20. The van der Waals surface area contributed by atoms with E-state index in [1.54, 1.807) is 28.8 Å². The van der Waals surface area contributed by atoms with E-state index in [9.17, 15) is 9.59 Å². The van der Waals surface area contributed by atoms with Gasteiger partial charge in [-0.15, -0.1) is 0 Å². The summed E-state index contributed by atoms with van der Waals surface area (Å²) in [6.45, 7) is 7.22. The van der Waals surface area contributed by atoms with Gasteiger partial charge in [0.15, 0.2) is 0 Å². The molecule has 1 atom stereocenters. The van der Waals surface area contributed by atoms with Crippen LogP contribution in [0.25, 0.3) is 0 Å². The quantitative estimate of drug-likeness (QED) is 0.497.